The molecule has 7 heteroatoms. The largest absolute Gasteiger partial charge is 0.431 e. The van der Waals surface area contributed by atoms with Gasteiger partial charge in [-0.1, -0.05) is 26.7 Å². The summed E-state index contributed by atoms with van der Waals surface area (Å²) in [6.07, 6.45) is 1.77. The van der Waals surface area contributed by atoms with Gasteiger partial charge in [0.2, 0.25) is 0 Å². The Morgan fingerprint density at radius 2 is 1.24 bits per heavy atom. The first-order chi connectivity index (χ1) is 9.99. The van der Waals surface area contributed by atoms with E-state index in [4.69, 9.17) is 9.47 Å². The molecule has 0 rings (SSSR count). The van der Waals surface area contributed by atoms with Crippen LogP contribution in [-0.4, -0.2) is 37.7 Å². The SMILES string of the molecule is CCCCNC(=O)OC(C)NC(C)OC(=O)NCCCC. The number of hydrogen-bond acceptors (Lipinski definition) is 5. The van der Waals surface area contributed by atoms with Crippen LogP contribution in [0, 0.1) is 0 Å². The molecule has 21 heavy (non-hydrogen) atoms. The fourth-order valence-electron chi connectivity index (χ4n) is 1.54. The monoisotopic (exact) mass is 303 g/mol. The molecule has 2 atom stereocenters. The number of amides is 2. The van der Waals surface area contributed by atoms with E-state index in [0.717, 1.165) is 25.7 Å². The summed E-state index contributed by atoms with van der Waals surface area (Å²) in [7, 11) is 0. The lowest BCUT2D eigenvalue weighted by atomic mass is 10.3. The lowest BCUT2D eigenvalue weighted by molar-refractivity contribution is 0.0271. The lowest BCUT2D eigenvalue weighted by Gasteiger charge is -2.20. The topological polar surface area (TPSA) is 88.7 Å². The first-order valence-corrected chi connectivity index (χ1v) is 7.64. The summed E-state index contributed by atoms with van der Waals surface area (Å²) in [5.41, 5.74) is 0. The highest BCUT2D eigenvalue weighted by atomic mass is 16.6. The zero-order chi connectivity index (χ0) is 16.1. The first kappa shape index (κ1) is 19.5. The molecule has 0 heterocycles. The van der Waals surface area contributed by atoms with E-state index < -0.39 is 24.6 Å². The number of unbranched alkanes of at least 4 members (excludes halogenated alkanes) is 2. The average Bonchev–Trinajstić information content (AvgIpc) is 2.38. The van der Waals surface area contributed by atoms with E-state index in [2.05, 4.69) is 16.0 Å². The maximum Gasteiger partial charge on any atom is 0.408 e. The van der Waals surface area contributed by atoms with Gasteiger partial charge in [-0.25, -0.2) is 14.9 Å². The number of carbonyl (C=O) groups is 2. The molecule has 0 spiro atoms. The molecule has 0 aliphatic heterocycles. The fourth-order valence-corrected chi connectivity index (χ4v) is 1.54. The molecule has 2 unspecified atom stereocenters. The minimum atomic E-state index is -0.551. The molecule has 0 aliphatic carbocycles. The summed E-state index contributed by atoms with van der Waals surface area (Å²) >= 11 is 0. The molecule has 0 fully saturated rings. The number of alkyl carbamates (subject to hydrolysis) is 2. The predicted octanol–water partition coefficient (Wildman–Crippen LogP) is 2.32. The second-order valence-corrected chi connectivity index (χ2v) is 4.82. The van der Waals surface area contributed by atoms with E-state index in [-0.39, 0.29) is 0 Å². The van der Waals surface area contributed by atoms with Crippen LogP contribution in [0.15, 0.2) is 0 Å². The Morgan fingerprint density at radius 1 is 0.857 bits per heavy atom. The van der Waals surface area contributed by atoms with Gasteiger partial charge in [0, 0.05) is 13.1 Å². The van der Waals surface area contributed by atoms with Gasteiger partial charge in [-0.05, 0) is 26.7 Å². The van der Waals surface area contributed by atoms with E-state index in [1.54, 1.807) is 13.8 Å². The minimum absolute atomic E-state index is 0.483. The van der Waals surface area contributed by atoms with E-state index in [1.807, 2.05) is 13.8 Å². The third-order valence-electron chi connectivity index (χ3n) is 2.64. The minimum Gasteiger partial charge on any atom is -0.431 e. The smallest absolute Gasteiger partial charge is 0.408 e. The molecule has 3 N–H and O–H groups in total. The van der Waals surface area contributed by atoms with Crippen molar-refractivity contribution in [2.45, 2.75) is 65.8 Å². The summed E-state index contributed by atoms with van der Waals surface area (Å²) in [5, 5.41) is 8.14. The normalized spacial score (nSPS) is 13.1. The molecule has 0 saturated carbocycles. The van der Waals surface area contributed by atoms with Gasteiger partial charge in [-0.15, -0.1) is 0 Å². The molecule has 0 radical (unpaired) electrons. The summed E-state index contributed by atoms with van der Waals surface area (Å²) in [5.74, 6) is 0. The molecule has 0 bridgehead atoms. The number of ether oxygens (including phenoxy) is 2. The zero-order valence-electron chi connectivity index (χ0n) is 13.5. The van der Waals surface area contributed by atoms with Crippen LogP contribution in [0.3, 0.4) is 0 Å². The zero-order valence-corrected chi connectivity index (χ0v) is 13.5. The van der Waals surface area contributed by atoms with Gasteiger partial charge in [0.1, 0.15) is 0 Å². The third-order valence-corrected chi connectivity index (χ3v) is 2.64. The van der Waals surface area contributed by atoms with Gasteiger partial charge >= 0.3 is 12.2 Å². The van der Waals surface area contributed by atoms with Crippen molar-refractivity contribution in [2.75, 3.05) is 13.1 Å². The van der Waals surface area contributed by atoms with E-state index in [0.29, 0.717) is 13.1 Å². The predicted molar refractivity (Wildman–Crippen MR) is 80.8 cm³/mol. The molecular formula is C14H29N3O4. The van der Waals surface area contributed by atoms with Crippen LogP contribution in [0.1, 0.15) is 53.4 Å². The van der Waals surface area contributed by atoms with Gasteiger partial charge < -0.3 is 20.1 Å². The Balaban J connectivity index is 3.79. The van der Waals surface area contributed by atoms with Gasteiger partial charge in [0.25, 0.3) is 0 Å². The molecule has 0 aromatic carbocycles. The van der Waals surface area contributed by atoms with Crippen LogP contribution in [0.2, 0.25) is 0 Å². The van der Waals surface area contributed by atoms with Crippen molar-refractivity contribution in [3.05, 3.63) is 0 Å². The van der Waals surface area contributed by atoms with Gasteiger partial charge in [0.05, 0.1) is 0 Å². The molecular weight excluding hydrogens is 274 g/mol. The average molecular weight is 303 g/mol. The van der Waals surface area contributed by atoms with Crippen LogP contribution < -0.4 is 16.0 Å². The Kier molecular flexibility index (Phi) is 11.4. The van der Waals surface area contributed by atoms with Crippen LogP contribution in [-0.2, 0) is 9.47 Å². The van der Waals surface area contributed by atoms with Crippen LogP contribution in [0.5, 0.6) is 0 Å². The molecule has 0 aromatic heterocycles. The summed E-state index contributed by atoms with van der Waals surface area (Å²) < 4.78 is 10.1. The summed E-state index contributed by atoms with van der Waals surface area (Å²) in [6.45, 7) is 8.62. The Labute approximate surface area is 127 Å². The van der Waals surface area contributed by atoms with Crippen molar-refractivity contribution >= 4 is 12.2 Å². The lowest BCUT2D eigenvalue weighted by Crippen LogP contribution is -2.43. The highest BCUT2D eigenvalue weighted by Crippen LogP contribution is 1.94. The number of nitrogens with one attached hydrogen (secondary N) is 3. The second-order valence-electron chi connectivity index (χ2n) is 4.82. The van der Waals surface area contributed by atoms with Gasteiger partial charge in [-0.2, -0.15) is 0 Å². The van der Waals surface area contributed by atoms with Crippen molar-refractivity contribution in [1.29, 1.82) is 0 Å². The molecule has 0 aromatic rings. The van der Waals surface area contributed by atoms with Crippen LogP contribution in [0.25, 0.3) is 0 Å². The van der Waals surface area contributed by atoms with E-state index in [1.165, 1.54) is 0 Å². The fraction of sp³-hybridized carbons (Fsp3) is 0.857. The van der Waals surface area contributed by atoms with Gasteiger partial charge in [0.15, 0.2) is 12.5 Å². The number of rotatable bonds is 10. The first-order valence-electron chi connectivity index (χ1n) is 7.64. The molecule has 0 saturated heterocycles. The quantitative estimate of drug-likeness (QED) is 0.426. The maximum absolute atomic E-state index is 11.4. The van der Waals surface area contributed by atoms with Crippen LogP contribution >= 0.6 is 0 Å². The summed E-state index contributed by atoms with van der Waals surface area (Å²) in [6, 6.07) is 0. The van der Waals surface area contributed by atoms with Crippen molar-refractivity contribution in [1.82, 2.24) is 16.0 Å². The highest BCUT2D eigenvalue weighted by molar-refractivity contribution is 5.67. The Morgan fingerprint density at radius 3 is 1.57 bits per heavy atom. The van der Waals surface area contributed by atoms with Crippen molar-refractivity contribution in [3.63, 3.8) is 0 Å². The van der Waals surface area contributed by atoms with Crippen LogP contribution in [0.4, 0.5) is 9.59 Å². The van der Waals surface area contributed by atoms with Crippen molar-refractivity contribution in [3.8, 4) is 0 Å². The number of hydrogen-bond donors (Lipinski definition) is 3. The van der Waals surface area contributed by atoms with E-state index in [9.17, 15) is 9.59 Å². The third kappa shape index (κ3) is 12.0. The Hall–Kier alpha value is -1.50. The number of carbonyl (C=O) groups excluding carboxylic acids is 2. The highest BCUT2D eigenvalue weighted by Gasteiger charge is 2.14. The van der Waals surface area contributed by atoms with Crippen molar-refractivity contribution < 1.29 is 19.1 Å². The van der Waals surface area contributed by atoms with Crippen molar-refractivity contribution in [2.24, 2.45) is 0 Å². The van der Waals surface area contributed by atoms with Gasteiger partial charge in [-0.3, -0.25) is 0 Å². The second kappa shape index (κ2) is 12.3. The standard InChI is InChI=1S/C14H29N3O4/c1-5-7-9-15-13(18)20-11(3)17-12(4)21-14(19)16-10-8-6-2/h11-12,17H,5-10H2,1-4H3,(H,15,18)(H,16,19). The summed E-state index contributed by atoms with van der Waals surface area (Å²) in [4.78, 5) is 22.8. The molecule has 0 aliphatic rings. The van der Waals surface area contributed by atoms with E-state index >= 15 is 0 Å². The Bertz CT molecular complexity index is 272. The molecule has 124 valence electrons. The molecule has 2 amide bonds. The maximum atomic E-state index is 11.4. The molecule has 7 nitrogen and oxygen atoms in total.